The van der Waals surface area contributed by atoms with Crippen LogP contribution < -0.4 is 20.3 Å². The van der Waals surface area contributed by atoms with Crippen LogP contribution in [0.3, 0.4) is 0 Å². The highest BCUT2D eigenvalue weighted by Gasteiger charge is 2.26. The summed E-state index contributed by atoms with van der Waals surface area (Å²) in [6, 6.07) is 24.1. The molecular weight excluding hydrogens is 544 g/mol. The summed E-state index contributed by atoms with van der Waals surface area (Å²) >= 11 is 0. The number of hydrogen-bond donors (Lipinski definition) is 3. The van der Waals surface area contributed by atoms with E-state index in [1.807, 2.05) is 47.4 Å². The van der Waals surface area contributed by atoms with E-state index in [1.54, 1.807) is 37.4 Å². The lowest BCUT2D eigenvalue weighted by molar-refractivity contribution is 0.102. The summed E-state index contributed by atoms with van der Waals surface area (Å²) in [4.78, 5) is 19.7. The van der Waals surface area contributed by atoms with Crippen molar-refractivity contribution in [3.05, 3.63) is 89.5 Å². The first kappa shape index (κ1) is 27.9. The second-order valence-corrected chi connectivity index (χ2v) is 10.8. The average Bonchev–Trinajstić information content (AvgIpc) is 2.99. The van der Waals surface area contributed by atoms with Crippen molar-refractivity contribution < 1.29 is 22.5 Å². The standard InChI is InChI=1S/C29H28N6O5S/c1-40-23-10-7-21(8-11-23)29(36)33-28-25(18-30)27(31-19-20-5-3-2-4-6-20)24-17-22(9-12-26(24)32-28)34-13-15-35(16-14-34)41(37,38)39/h2-12,17H,13-16,19H2,1H3,(H,37,38,39)(H2,31,32,33,36). The minimum absolute atomic E-state index is 0.130. The lowest BCUT2D eigenvalue weighted by atomic mass is 10.1. The number of pyridine rings is 1. The first-order chi connectivity index (χ1) is 19.8. The third kappa shape index (κ3) is 6.22. The van der Waals surface area contributed by atoms with Gasteiger partial charge in [0.15, 0.2) is 5.82 Å². The van der Waals surface area contributed by atoms with E-state index in [2.05, 4.69) is 21.7 Å². The summed E-state index contributed by atoms with van der Waals surface area (Å²) in [5, 5.41) is 17.1. The highest BCUT2D eigenvalue weighted by atomic mass is 32.2. The van der Waals surface area contributed by atoms with Gasteiger partial charge in [-0.3, -0.25) is 9.35 Å². The monoisotopic (exact) mass is 572 g/mol. The van der Waals surface area contributed by atoms with Gasteiger partial charge in [-0.2, -0.15) is 18.0 Å². The minimum Gasteiger partial charge on any atom is -0.497 e. The second-order valence-electron chi connectivity index (χ2n) is 9.41. The van der Waals surface area contributed by atoms with Crippen LogP contribution in [-0.4, -0.2) is 61.5 Å². The van der Waals surface area contributed by atoms with Crippen molar-refractivity contribution in [3.63, 3.8) is 0 Å². The normalized spacial score (nSPS) is 13.9. The Bertz CT molecular complexity index is 1720. The van der Waals surface area contributed by atoms with Crippen molar-refractivity contribution in [3.8, 4) is 11.8 Å². The number of piperazine rings is 1. The molecule has 1 aliphatic rings. The number of amides is 1. The smallest absolute Gasteiger partial charge is 0.336 e. The third-order valence-corrected chi connectivity index (χ3v) is 7.92. The summed E-state index contributed by atoms with van der Waals surface area (Å²) in [5.74, 6) is 0.329. The third-order valence-electron chi connectivity index (χ3n) is 6.91. The Kier molecular flexibility index (Phi) is 8.02. The molecule has 1 fully saturated rings. The molecule has 2 heterocycles. The van der Waals surface area contributed by atoms with Gasteiger partial charge in [-0.15, -0.1) is 0 Å². The quantitative estimate of drug-likeness (QED) is 0.267. The maximum Gasteiger partial charge on any atom is 0.336 e. The van der Waals surface area contributed by atoms with Gasteiger partial charge in [0.1, 0.15) is 17.4 Å². The molecule has 0 atom stereocenters. The van der Waals surface area contributed by atoms with Gasteiger partial charge < -0.3 is 20.3 Å². The number of benzene rings is 3. The number of aromatic nitrogens is 1. The molecule has 0 aliphatic carbocycles. The highest BCUT2D eigenvalue weighted by Crippen LogP contribution is 2.34. The Balaban J connectivity index is 1.52. The van der Waals surface area contributed by atoms with E-state index >= 15 is 0 Å². The molecule has 0 radical (unpaired) electrons. The molecule has 1 aromatic heterocycles. The first-order valence-corrected chi connectivity index (χ1v) is 14.2. The number of nitrogens with one attached hydrogen (secondary N) is 2. The van der Waals surface area contributed by atoms with Crippen molar-refractivity contribution in [1.29, 1.82) is 5.26 Å². The number of ether oxygens (including phenoxy) is 1. The van der Waals surface area contributed by atoms with Gasteiger partial charge in [0.05, 0.1) is 18.3 Å². The molecule has 1 saturated heterocycles. The van der Waals surface area contributed by atoms with Crippen LogP contribution in [0.4, 0.5) is 17.2 Å². The Hall–Kier alpha value is -4.70. The zero-order valence-corrected chi connectivity index (χ0v) is 23.1. The maximum atomic E-state index is 13.1. The number of hydrogen-bond acceptors (Lipinski definition) is 8. The predicted octanol–water partition coefficient (Wildman–Crippen LogP) is 3.90. The van der Waals surface area contributed by atoms with Crippen LogP contribution in [0.1, 0.15) is 21.5 Å². The van der Waals surface area contributed by atoms with Crippen molar-refractivity contribution in [1.82, 2.24) is 9.29 Å². The number of rotatable bonds is 8. The van der Waals surface area contributed by atoms with Gasteiger partial charge in [0, 0.05) is 49.4 Å². The van der Waals surface area contributed by atoms with Crippen molar-refractivity contribution in [2.75, 3.05) is 48.8 Å². The molecule has 12 heteroatoms. The molecule has 3 aromatic carbocycles. The molecule has 11 nitrogen and oxygen atoms in total. The van der Waals surface area contributed by atoms with Gasteiger partial charge in [0.25, 0.3) is 5.91 Å². The number of fused-ring (bicyclic) bond motifs is 1. The number of carbonyl (C=O) groups excluding carboxylic acids is 1. The fourth-order valence-corrected chi connectivity index (χ4v) is 5.34. The minimum atomic E-state index is -4.24. The maximum absolute atomic E-state index is 13.1. The highest BCUT2D eigenvalue weighted by molar-refractivity contribution is 7.83. The molecule has 5 rings (SSSR count). The van der Waals surface area contributed by atoms with Gasteiger partial charge in [-0.25, -0.2) is 4.98 Å². The summed E-state index contributed by atoms with van der Waals surface area (Å²) < 4.78 is 38.6. The number of carbonyl (C=O) groups is 1. The Morgan fingerprint density at radius 3 is 2.39 bits per heavy atom. The van der Waals surface area contributed by atoms with Gasteiger partial charge in [-0.05, 0) is 48.0 Å². The van der Waals surface area contributed by atoms with Gasteiger partial charge >= 0.3 is 10.3 Å². The predicted molar refractivity (Wildman–Crippen MR) is 157 cm³/mol. The Morgan fingerprint density at radius 2 is 1.76 bits per heavy atom. The van der Waals surface area contributed by atoms with Gasteiger partial charge in [-0.1, -0.05) is 30.3 Å². The SMILES string of the molecule is COc1ccc(C(=O)Nc2nc3ccc(N4CCN(S(=O)(=O)O)CC4)cc3c(NCc3ccccc3)c2C#N)cc1. The summed E-state index contributed by atoms with van der Waals surface area (Å²) in [7, 11) is -2.70. The molecule has 0 saturated carbocycles. The van der Waals surface area contributed by atoms with E-state index < -0.39 is 16.2 Å². The first-order valence-electron chi connectivity index (χ1n) is 12.9. The summed E-state index contributed by atoms with van der Waals surface area (Å²) in [5.41, 5.74) is 3.46. The molecule has 210 valence electrons. The summed E-state index contributed by atoms with van der Waals surface area (Å²) in [6.07, 6.45) is 0. The lowest BCUT2D eigenvalue weighted by Gasteiger charge is -2.34. The second kappa shape index (κ2) is 11.8. The molecule has 0 spiro atoms. The fourth-order valence-electron chi connectivity index (χ4n) is 4.72. The van der Waals surface area contributed by atoms with Crippen LogP contribution in [0, 0.1) is 11.3 Å². The van der Waals surface area contributed by atoms with E-state index in [4.69, 9.17) is 4.74 Å². The van der Waals surface area contributed by atoms with E-state index in [0.29, 0.717) is 47.5 Å². The zero-order valence-electron chi connectivity index (χ0n) is 22.2. The van der Waals surface area contributed by atoms with Crippen molar-refractivity contribution >= 4 is 44.3 Å². The number of anilines is 3. The molecular formula is C29H28N6O5S. The molecule has 1 amide bonds. The van der Waals surface area contributed by atoms with Crippen LogP contribution >= 0.6 is 0 Å². The molecule has 1 aliphatic heterocycles. The Morgan fingerprint density at radius 1 is 1.05 bits per heavy atom. The molecule has 0 bridgehead atoms. The zero-order chi connectivity index (χ0) is 29.0. The van der Waals surface area contributed by atoms with Crippen LogP contribution in [0.5, 0.6) is 5.75 Å². The van der Waals surface area contributed by atoms with Crippen molar-refractivity contribution in [2.45, 2.75) is 6.54 Å². The molecule has 3 N–H and O–H groups in total. The number of methoxy groups -OCH3 is 1. The van der Waals surface area contributed by atoms with Crippen LogP contribution in [-0.2, 0) is 16.8 Å². The molecule has 41 heavy (non-hydrogen) atoms. The Labute approximate surface area is 237 Å². The fraction of sp³-hybridized carbons (Fsp3) is 0.207. The molecule has 0 unspecified atom stereocenters. The molecule has 4 aromatic rings. The van der Waals surface area contributed by atoms with E-state index in [0.717, 1.165) is 15.6 Å². The topological polar surface area (TPSA) is 148 Å². The number of nitrogens with zero attached hydrogens (tertiary/aromatic N) is 4. The number of nitriles is 1. The summed E-state index contributed by atoms with van der Waals surface area (Å²) in [6.45, 7) is 1.49. The average molecular weight is 573 g/mol. The largest absolute Gasteiger partial charge is 0.497 e. The van der Waals surface area contributed by atoms with E-state index in [1.165, 1.54) is 0 Å². The van der Waals surface area contributed by atoms with Crippen LogP contribution in [0.25, 0.3) is 10.9 Å². The lowest BCUT2D eigenvalue weighted by Crippen LogP contribution is -2.48. The van der Waals surface area contributed by atoms with Crippen molar-refractivity contribution in [2.24, 2.45) is 0 Å². The van der Waals surface area contributed by atoms with Crippen LogP contribution in [0.2, 0.25) is 0 Å². The van der Waals surface area contributed by atoms with Crippen LogP contribution in [0.15, 0.2) is 72.8 Å². The van der Waals surface area contributed by atoms with E-state index in [9.17, 15) is 23.0 Å². The van der Waals surface area contributed by atoms with Gasteiger partial charge in [0.2, 0.25) is 0 Å². The van der Waals surface area contributed by atoms with E-state index in [-0.39, 0.29) is 24.5 Å².